The van der Waals surface area contributed by atoms with Crippen LogP contribution in [-0.2, 0) is 7.05 Å². The average molecular weight is 409 g/mol. The number of aromatic nitrogens is 2. The quantitative estimate of drug-likeness (QED) is 0.646. The van der Waals surface area contributed by atoms with Crippen LogP contribution in [0.2, 0.25) is 0 Å². The van der Waals surface area contributed by atoms with Gasteiger partial charge in [-0.15, -0.1) is 0 Å². The lowest BCUT2D eigenvalue weighted by Crippen LogP contribution is -2.30. The molecular formula is C22H24N4O2S. The summed E-state index contributed by atoms with van der Waals surface area (Å²) in [5.74, 6) is 1.43. The Morgan fingerprint density at radius 1 is 1.07 bits per heavy atom. The molecule has 150 valence electrons. The van der Waals surface area contributed by atoms with Gasteiger partial charge in [-0.25, -0.2) is 0 Å². The minimum Gasteiger partial charge on any atom is -0.497 e. The standard InChI is InChI=1S/C22H24N4O2S/c1-14-8-10-18(25(14)2)21-20(16-7-5-6-12-23-16)24-22(29)26(21)17-11-9-15(27-3)13-19(17)28-4/h5-13,20-21H,1-4H3,(H,24,29)/t20-,21+/m0/s1. The molecule has 3 heterocycles. The molecule has 0 unspecified atom stereocenters. The van der Waals surface area contributed by atoms with Crippen LogP contribution >= 0.6 is 12.2 Å². The smallest absolute Gasteiger partial charge is 0.174 e. The summed E-state index contributed by atoms with van der Waals surface area (Å²) < 4.78 is 13.2. The van der Waals surface area contributed by atoms with Crippen LogP contribution in [0.25, 0.3) is 0 Å². The van der Waals surface area contributed by atoms with E-state index in [0.29, 0.717) is 10.9 Å². The molecule has 4 rings (SSSR count). The topological polar surface area (TPSA) is 51.5 Å². The molecule has 0 aliphatic carbocycles. The highest BCUT2D eigenvalue weighted by atomic mass is 32.1. The molecule has 1 saturated heterocycles. The molecule has 2 aromatic heterocycles. The molecule has 6 nitrogen and oxygen atoms in total. The Morgan fingerprint density at radius 3 is 2.52 bits per heavy atom. The minimum absolute atomic E-state index is 0.0848. The van der Waals surface area contributed by atoms with Crippen molar-refractivity contribution >= 4 is 23.0 Å². The maximum absolute atomic E-state index is 5.79. The lowest BCUT2D eigenvalue weighted by atomic mass is 10.0. The fraction of sp³-hybridized carbons (Fsp3) is 0.273. The summed E-state index contributed by atoms with van der Waals surface area (Å²) in [5, 5.41) is 4.11. The lowest BCUT2D eigenvalue weighted by Gasteiger charge is -2.29. The van der Waals surface area contributed by atoms with Crippen LogP contribution in [0.15, 0.2) is 54.7 Å². The Bertz CT molecular complexity index is 1030. The third-order valence-electron chi connectivity index (χ3n) is 5.46. The van der Waals surface area contributed by atoms with Crippen molar-refractivity contribution < 1.29 is 9.47 Å². The van der Waals surface area contributed by atoms with Gasteiger partial charge < -0.3 is 24.3 Å². The van der Waals surface area contributed by atoms with Crippen LogP contribution in [0.3, 0.4) is 0 Å². The molecule has 1 N–H and O–H groups in total. The van der Waals surface area contributed by atoms with Crippen molar-refractivity contribution in [3.63, 3.8) is 0 Å². The van der Waals surface area contributed by atoms with E-state index in [2.05, 4.69) is 45.9 Å². The molecule has 7 heteroatoms. The lowest BCUT2D eigenvalue weighted by molar-refractivity contribution is 0.394. The number of pyridine rings is 1. The molecule has 0 amide bonds. The van der Waals surface area contributed by atoms with Gasteiger partial charge in [-0.1, -0.05) is 6.07 Å². The molecule has 0 saturated carbocycles. The average Bonchev–Trinajstić information content (AvgIpc) is 3.26. The molecular weight excluding hydrogens is 384 g/mol. The molecule has 2 atom stereocenters. The molecule has 29 heavy (non-hydrogen) atoms. The van der Waals surface area contributed by atoms with E-state index in [1.807, 2.05) is 42.6 Å². The number of benzene rings is 1. The van der Waals surface area contributed by atoms with Crippen molar-refractivity contribution in [2.24, 2.45) is 7.05 Å². The van der Waals surface area contributed by atoms with E-state index in [1.54, 1.807) is 14.2 Å². The molecule has 3 aromatic rings. The predicted octanol–water partition coefficient (Wildman–Crippen LogP) is 3.92. The maximum Gasteiger partial charge on any atom is 0.174 e. The second-order valence-corrected chi connectivity index (χ2v) is 7.38. The molecule has 1 aliphatic rings. The zero-order valence-corrected chi connectivity index (χ0v) is 17.7. The summed E-state index contributed by atoms with van der Waals surface area (Å²) in [6, 6.07) is 15.8. The Kier molecular flexibility index (Phi) is 5.15. The molecule has 0 bridgehead atoms. The summed E-state index contributed by atoms with van der Waals surface area (Å²) in [6.07, 6.45) is 1.81. The summed E-state index contributed by atoms with van der Waals surface area (Å²) >= 11 is 5.79. The molecule has 0 spiro atoms. The van der Waals surface area contributed by atoms with Gasteiger partial charge >= 0.3 is 0 Å². The normalized spacial score (nSPS) is 18.6. The Labute approximate surface area is 176 Å². The van der Waals surface area contributed by atoms with E-state index in [0.717, 1.165) is 22.8 Å². The second-order valence-electron chi connectivity index (χ2n) is 6.99. The van der Waals surface area contributed by atoms with Crippen molar-refractivity contribution in [1.82, 2.24) is 14.9 Å². The maximum atomic E-state index is 5.79. The summed E-state index contributed by atoms with van der Waals surface area (Å²) in [7, 11) is 5.37. The largest absolute Gasteiger partial charge is 0.497 e. The van der Waals surface area contributed by atoms with Crippen LogP contribution in [0.1, 0.15) is 29.2 Å². The SMILES string of the molecule is COc1ccc(N2C(=S)N[C@@H](c3ccccn3)[C@H]2c2ccc(C)n2C)c(OC)c1. The first-order valence-electron chi connectivity index (χ1n) is 9.40. The van der Waals surface area contributed by atoms with Crippen molar-refractivity contribution in [2.75, 3.05) is 19.1 Å². The van der Waals surface area contributed by atoms with Crippen molar-refractivity contribution in [3.05, 3.63) is 71.8 Å². The van der Waals surface area contributed by atoms with E-state index < -0.39 is 0 Å². The van der Waals surface area contributed by atoms with Gasteiger partial charge in [-0.05, 0) is 55.5 Å². The predicted molar refractivity (Wildman–Crippen MR) is 118 cm³/mol. The zero-order valence-electron chi connectivity index (χ0n) is 16.9. The van der Waals surface area contributed by atoms with Gasteiger partial charge in [-0.3, -0.25) is 4.98 Å². The van der Waals surface area contributed by atoms with Gasteiger partial charge in [0, 0.05) is 30.7 Å². The fourth-order valence-electron chi connectivity index (χ4n) is 3.83. The van der Waals surface area contributed by atoms with Gasteiger partial charge in [-0.2, -0.15) is 0 Å². The number of ether oxygens (including phenoxy) is 2. The van der Waals surface area contributed by atoms with E-state index in [9.17, 15) is 0 Å². The number of thiocarbonyl (C=S) groups is 1. The van der Waals surface area contributed by atoms with Crippen molar-refractivity contribution in [2.45, 2.75) is 19.0 Å². The number of methoxy groups -OCH3 is 2. The van der Waals surface area contributed by atoms with Crippen LogP contribution in [0.5, 0.6) is 11.5 Å². The zero-order chi connectivity index (χ0) is 20.5. The minimum atomic E-state index is -0.0940. The third kappa shape index (κ3) is 3.31. The monoisotopic (exact) mass is 408 g/mol. The molecule has 1 fully saturated rings. The summed E-state index contributed by atoms with van der Waals surface area (Å²) in [6.45, 7) is 2.10. The Balaban J connectivity index is 1.88. The third-order valence-corrected chi connectivity index (χ3v) is 5.77. The first-order chi connectivity index (χ1) is 14.0. The molecule has 1 aromatic carbocycles. The van der Waals surface area contributed by atoms with E-state index >= 15 is 0 Å². The van der Waals surface area contributed by atoms with E-state index in [-0.39, 0.29) is 12.1 Å². The van der Waals surface area contributed by atoms with Crippen molar-refractivity contribution in [1.29, 1.82) is 0 Å². The highest BCUT2D eigenvalue weighted by Gasteiger charge is 2.43. The van der Waals surface area contributed by atoms with Gasteiger partial charge in [0.2, 0.25) is 0 Å². The number of nitrogens with one attached hydrogen (secondary N) is 1. The number of rotatable bonds is 5. The van der Waals surface area contributed by atoms with Crippen LogP contribution in [0.4, 0.5) is 5.69 Å². The highest BCUT2D eigenvalue weighted by Crippen LogP contribution is 2.45. The fourth-order valence-corrected chi connectivity index (χ4v) is 4.17. The van der Waals surface area contributed by atoms with Gasteiger partial charge in [0.05, 0.1) is 31.6 Å². The number of hydrogen-bond donors (Lipinski definition) is 1. The van der Waals surface area contributed by atoms with Crippen LogP contribution < -0.4 is 19.7 Å². The van der Waals surface area contributed by atoms with Crippen LogP contribution in [-0.4, -0.2) is 28.9 Å². The number of anilines is 1. The second kappa shape index (κ2) is 7.75. The highest BCUT2D eigenvalue weighted by molar-refractivity contribution is 7.80. The van der Waals surface area contributed by atoms with E-state index in [1.165, 1.54) is 5.69 Å². The van der Waals surface area contributed by atoms with E-state index in [4.69, 9.17) is 21.7 Å². The first kappa shape index (κ1) is 19.3. The molecule has 1 aliphatic heterocycles. The van der Waals surface area contributed by atoms with Crippen molar-refractivity contribution in [3.8, 4) is 11.5 Å². The first-order valence-corrected chi connectivity index (χ1v) is 9.81. The molecule has 0 radical (unpaired) electrons. The van der Waals surface area contributed by atoms with Gasteiger partial charge in [0.15, 0.2) is 5.11 Å². The number of aryl methyl sites for hydroxylation is 1. The van der Waals surface area contributed by atoms with Crippen LogP contribution in [0, 0.1) is 6.92 Å². The van der Waals surface area contributed by atoms with Gasteiger partial charge in [0.25, 0.3) is 0 Å². The Hall–Kier alpha value is -3.06. The summed E-state index contributed by atoms with van der Waals surface area (Å²) in [5.41, 5.74) is 4.14. The number of hydrogen-bond acceptors (Lipinski definition) is 4. The summed E-state index contributed by atoms with van der Waals surface area (Å²) in [4.78, 5) is 6.71. The number of nitrogens with zero attached hydrogens (tertiary/aromatic N) is 3. The Morgan fingerprint density at radius 2 is 1.90 bits per heavy atom. The van der Waals surface area contributed by atoms with Gasteiger partial charge in [0.1, 0.15) is 17.5 Å².